The lowest BCUT2D eigenvalue weighted by Gasteiger charge is -2.28. The van der Waals surface area contributed by atoms with Crippen LogP contribution >= 0.6 is 11.3 Å². The highest BCUT2D eigenvalue weighted by Gasteiger charge is 2.48. The number of nitrogens with one attached hydrogen (secondary N) is 3. The number of pyridine rings is 1. The molecule has 2 aromatic rings. The number of halogens is 3. The molecule has 0 radical (unpaired) electrons. The molecule has 2 heterocycles. The third-order valence-electron chi connectivity index (χ3n) is 3.82. The Morgan fingerprint density at radius 2 is 1.83 bits per heavy atom. The summed E-state index contributed by atoms with van der Waals surface area (Å²) in [5.74, 6) is 5.13. The number of carbonyl (C=O) groups is 2. The first-order valence-electron chi connectivity index (χ1n) is 8.80. The number of hydrogen-bond acceptors (Lipinski definition) is 5. The monoisotopic (exact) mass is 439 g/mol. The van der Waals surface area contributed by atoms with E-state index in [1.54, 1.807) is 31.5 Å². The van der Waals surface area contributed by atoms with E-state index in [1.165, 1.54) is 11.3 Å². The third kappa shape index (κ3) is 6.73. The number of hydrogen-bond donors (Lipinski definition) is 3. The van der Waals surface area contributed by atoms with Crippen LogP contribution in [0.25, 0.3) is 0 Å². The smallest absolute Gasteiger partial charge is 0.342 e. The predicted molar refractivity (Wildman–Crippen MR) is 107 cm³/mol. The van der Waals surface area contributed by atoms with Gasteiger partial charge in [0.05, 0.1) is 5.69 Å². The molecule has 0 spiro atoms. The van der Waals surface area contributed by atoms with Crippen LogP contribution in [0.3, 0.4) is 0 Å². The first-order valence-corrected chi connectivity index (χ1v) is 9.61. The first kappa shape index (κ1) is 23.2. The van der Waals surface area contributed by atoms with E-state index in [0.717, 1.165) is 19.4 Å². The second kappa shape index (κ2) is 9.58. The largest absolute Gasteiger partial charge is 0.410 e. The Morgan fingerprint density at radius 1 is 1.17 bits per heavy atom. The highest BCUT2D eigenvalue weighted by atomic mass is 32.1. The zero-order valence-corrected chi connectivity index (χ0v) is 17.3. The van der Waals surface area contributed by atoms with Gasteiger partial charge in [0.25, 0.3) is 0 Å². The molecule has 0 atom stereocenters. The Balaban J connectivity index is 1.83. The normalized spacial score (nSPS) is 11.3. The van der Waals surface area contributed by atoms with Crippen molar-refractivity contribution < 1.29 is 22.8 Å². The highest BCUT2D eigenvalue weighted by Crippen LogP contribution is 2.29. The molecule has 2 aromatic heterocycles. The summed E-state index contributed by atoms with van der Waals surface area (Å²) in [7, 11) is 0. The van der Waals surface area contributed by atoms with Gasteiger partial charge in [-0.1, -0.05) is 17.3 Å². The van der Waals surface area contributed by atoms with Gasteiger partial charge in [0.2, 0.25) is 5.91 Å². The topological polar surface area (TPSA) is 96.0 Å². The summed E-state index contributed by atoms with van der Waals surface area (Å²) >= 11 is 1.18. The maximum absolute atomic E-state index is 12.8. The van der Waals surface area contributed by atoms with Crippen LogP contribution in [0.2, 0.25) is 0 Å². The molecular formula is C19H20F3N5O2S. The second-order valence-corrected chi connectivity index (χ2v) is 7.72. The summed E-state index contributed by atoms with van der Waals surface area (Å²) < 4.78 is 38.3. The number of rotatable bonds is 5. The summed E-state index contributed by atoms with van der Waals surface area (Å²) in [6.07, 6.45) is -1.61. The summed E-state index contributed by atoms with van der Waals surface area (Å²) in [6, 6.07) is 2.91. The Labute approximate surface area is 175 Å². The van der Waals surface area contributed by atoms with Crippen molar-refractivity contribution in [3.05, 3.63) is 40.7 Å². The summed E-state index contributed by atoms with van der Waals surface area (Å²) in [4.78, 5) is 32.4. The molecule has 3 N–H and O–H groups in total. The minimum absolute atomic E-state index is 0.134. The molecule has 0 unspecified atom stereocenters. The van der Waals surface area contributed by atoms with Gasteiger partial charge in [-0.05, 0) is 38.8 Å². The number of alkyl halides is 3. The molecular weight excluding hydrogens is 419 g/mol. The van der Waals surface area contributed by atoms with Crippen LogP contribution in [0.15, 0.2) is 24.5 Å². The van der Waals surface area contributed by atoms with Crippen molar-refractivity contribution in [1.29, 1.82) is 0 Å². The molecule has 2 rings (SSSR count). The van der Waals surface area contributed by atoms with Crippen LogP contribution in [0.5, 0.6) is 0 Å². The van der Waals surface area contributed by atoms with Crippen LogP contribution in [0.1, 0.15) is 36.4 Å². The van der Waals surface area contributed by atoms with Gasteiger partial charge in [0.15, 0.2) is 5.13 Å². The zero-order chi connectivity index (χ0) is 22.4. The van der Waals surface area contributed by atoms with Gasteiger partial charge in [-0.25, -0.2) is 9.78 Å². The van der Waals surface area contributed by atoms with Crippen molar-refractivity contribution in [3.63, 3.8) is 0 Å². The molecule has 0 aliphatic carbocycles. The third-order valence-corrected chi connectivity index (χ3v) is 4.80. The minimum atomic E-state index is -4.58. The van der Waals surface area contributed by atoms with Crippen molar-refractivity contribution in [1.82, 2.24) is 20.6 Å². The molecule has 0 aliphatic heterocycles. The van der Waals surface area contributed by atoms with Crippen LogP contribution < -0.4 is 16.0 Å². The number of anilines is 1. The number of thiazole rings is 1. The fourth-order valence-corrected chi connectivity index (χ4v) is 2.86. The Kier molecular flexibility index (Phi) is 7.39. The van der Waals surface area contributed by atoms with Gasteiger partial charge in [-0.3, -0.25) is 15.1 Å². The molecule has 0 aliphatic rings. The zero-order valence-electron chi connectivity index (χ0n) is 16.5. The molecule has 7 nitrogen and oxygen atoms in total. The van der Waals surface area contributed by atoms with Crippen molar-refractivity contribution in [2.75, 3.05) is 11.9 Å². The average Bonchev–Trinajstić information content (AvgIpc) is 2.98. The summed E-state index contributed by atoms with van der Waals surface area (Å²) in [6.45, 7) is 3.35. The van der Waals surface area contributed by atoms with Gasteiger partial charge in [0, 0.05) is 30.9 Å². The number of aryl methyl sites for hydroxylation is 1. The minimum Gasteiger partial charge on any atom is -0.342 e. The molecule has 0 aromatic carbocycles. The fourth-order valence-electron chi connectivity index (χ4n) is 2.04. The number of amides is 3. The number of urea groups is 1. The van der Waals surface area contributed by atoms with Crippen molar-refractivity contribution in [3.8, 4) is 11.8 Å². The van der Waals surface area contributed by atoms with E-state index in [0.29, 0.717) is 15.7 Å². The second-order valence-electron chi connectivity index (χ2n) is 6.72. The molecule has 0 saturated heterocycles. The fraction of sp³-hybridized carbons (Fsp3) is 0.368. The van der Waals surface area contributed by atoms with Gasteiger partial charge in [-0.15, -0.1) is 0 Å². The van der Waals surface area contributed by atoms with E-state index < -0.39 is 23.7 Å². The molecule has 0 saturated carbocycles. The average molecular weight is 439 g/mol. The predicted octanol–water partition coefficient (Wildman–Crippen LogP) is 3.22. The van der Waals surface area contributed by atoms with Gasteiger partial charge in [0.1, 0.15) is 10.4 Å². The van der Waals surface area contributed by atoms with E-state index in [1.807, 2.05) is 5.32 Å². The van der Waals surface area contributed by atoms with E-state index in [2.05, 4.69) is 32.4 Å². The highest BCUT2D eigenvalue weighted by molar-refractivity contribution is 7.16. The van der Waals surface area contributed by atoms with Crippen molar-refractivity contribution >= 4 is 28.4 Å². The van der Waals surface area contributed by atoms with E-state index >= 15 is 0 Å². The lowest BCUT2D eigenvalue weighted by molar-refractivity contribution is -0.188. The van der Waals surface area contributed by atoms with E-state index in [9.17, 15) is 22.8 Å². The van der Waals surface area contributed by atoms with Crippen LogP contribution in [0, 0.1) is 18.8 Å². The molecule has 3 amide bonds. The van der Waals surface area contributed by atoms with Gasteiger partial charge in [-0.2, -0.15) is 13.2 Å². The van der Waals surface area contributed by atoms with E-state index in [-0.39, 0.29) is 13.0 Å². The van der Waals surface area contributed by atoms with Crippen LogP contribution in [-0.4, -0.2) is 40.2 Å². The maximum atomic E-state index is 12.8. The van der Waals surface area contributed by atoms with E-state index in [4.69, 9.17) is 0 Å². The number of aromatic nitrogens is 2. The van der Waals surface area contributed by atoms with Crippen molar-refractivity contribution in [2.45, 2.75) is 38.9 Å². The number of carbonyl (C=O) groups excluding carboxylic acids is 2. The lowest BCUT2D eigenvalue weighted by Crippen LogP contribution is -2.54. The van der Waals surface area contributed by atoms with Crippen molar-refractivity contribution in [2.24, 2.45) is 0 Å². The standard InChI is InChI=1S/C19H20F3N5O2S/c1-12-14(5-4-13-6-9-23-10-7-13)30-17(25-12)26-16(29)24-11-8-15(28)27-18(2,3)19(20,21)22/h6-7,9-10H,8,11H2,1-3H3,(H,27,28)(H2,24,25,26,29). The lowest BCUT2D eigenvalue weighted by atomic mass is 10.1. The maximum Gasteiger partial charge on any atom is 0.410 e. The molecule has 11 heteroatoms. The molecule has 0 bridgehead atoms. The Hall–Kier alpha value is -3.13. The van der Waals surface area contributed by atoms with Crippen LogP contribution in [0.4, 0.5) is 23.1 Å². The molecule has 30 heavy (non-hydrogen) atoms. The van der Waals surface area contributed by atoms with Crippen LogP contribution in [-0.2, 0) is 4.79 Å². The van der Waals surface area contributed by atoms with Gasteiger partial charge >= 0.3 is 12.2 Å². The Bertz CT molecular complexity index is 962. The quantitative estimate of drug-likeness (QED) is 0.624. The first-order chi connectivity index (χ1) is 14.0. The molecule has 0 fully saturated rings. The SMILES string of the molecule is Cc1nc(NC(=O)NCCC(=O)NC(C)(C)C(F)(F)F)sc1C#Cc1ccncc1. The summed E-state index contributed by atoms with van der Waals surface area (Å²) in [5, 5.41) is 7.12. The van der Waals surface area contributed by atoms with Gasteiger partial charge < -0.3 is 10.6 Å². The Morgan fingerprint density at radius 3 is 2.47 bits per heavy atom. The molecule has 160 valence electrons. The number of nitrogens with zero attached hydrogens (tertiary/aromatic N) is 2. The summed E-state index contributed by atoms with van der Waals surface area (Å²) in [5.41, 5.74) is -0.916.